The molecule has 0 aromatic heterocycles. The van der Waals surface area contributed by atoms with Gasteiger partial charge in [0, 0.05) is 50.5 Å². The second kappa shape index (κ2) is 20.3. The number of carbonyl (C=O) groups is 8. The van der Waals surface area contributed by atoms with Gasteiger partial charge in [-0.2, -0.15) is 0 Å². The topological polar surface area (TPSA) is 275 Å². The Morgan fingerprint density at radius 3 is 1.21 bits per heavy atom. The Hall–Kier alpha value is -5.55. The number of carboxylic acids is 2. The molecule has 0 saturated carbocycles. The molecule has 2 aromatic carbocycles. The van der Waals surface area contributed by atoms with Crippen LogP contribution in [0.1, 0.15) is 50.7 Å². The Bertz CT molecular complexity index is 2050. The van der Waals surface area contributed by atoms with E-state index in [9.17, 15) is 58.8 Å². The number of halogens is 2. The van der Waals surface area contributed by atoms with E-state index in [2.05, 4.69) is 0 Å². The zero-order valence-electron chi connectivity index (χ0n) is 33.1. The number of Topliss-reactive ketones (excluding diaryl/α,β-unsaturated/α-hetero) is 2. The second-order valence-electron chi connectivity index (χ2n) is 13.6. The minimum atomic E-state index is -5.70. The highest BCUT2D eigenvalue weighted by Crippen LogP contribution is 2.70. The van der Waals surface area contributed by atoms with Crippen molar-refractivity contribution in [1.82, 2.24) is 4.67 Å². The van der Waals surface area contributed by atoms with Crippen LogP contribution in [-0.2, 0) is 52.4 Å². The maximum absolute atomic E-state index is 16.4. The number of aliphatic hydroxyl groups is 2. The van der Waals surface area contributed by atoms with Gasteiger partial charge in [0.1, 0.15) is 57.3 Å². The Labute approximate surface area is 358 Å². The number of carboxylic acid groups (broad SMARTS) is 2. The molecular formula is C40H42Cl2NO17P. The van der Waals surface area contributed by atoms with Crippen LogP contribution in [0.4, 0.5) is 0 Å². The van der Waals surface area contributed by atoms with Crippen LogP contribution in [0.5, 0.6) is 11.5 Å². The molecule has 21 heteroatoms. The Balaban J connectivity index is 2.18. The highest BCUT2D eigenvalue weighted by Gasteiger charge is 2.62. The molecule has 61 heavy (non-hydrogen) atoms. The van der Waals surface area contributed by atoms with E-state index in [0.717, 1.165) is 18.5 Å². The van der Waals surface area contributed by atoms with Crippen LogP contribution >= 0.6 is 30.5 Å². The van der Waals surface area contributed by atoms with Gasteiger partial charge in [-0.1, -0.05) is 24.3 Å². The first-order chi connectivity index (χ1) is 28.8. The van der Waals surface area contributed by atoms with Crippen molar-refractivity contribution >= 4 is 77.9 Å². The first-order valence-electron chi connectivity index (χ1n) is 18.6. The first-order valence-corrected chi connectivity index (χ1v) is 21.3. The minimum Gasteiger partial charge on any atom is -0.510 e. The minimum absolute atomic E-state index is 0.0123. The molecule has 2 aliphatic rings. The number of esters is 4. The molecule has 4 N–H and O–H groups in total. The number of rotatable bonds is 17. The predicted molar refractivity (Wildman–Crippen MR) is 213 cm³/mol. The second-order valence-corrected chi connectivity index (χ2v) is 16.9. The Kier molecular flexibility index (Phi) is 16.0. The van der Waals surface area contributed by atoms with E-state index in [1.807, 2.05) is 0 Å². The number of alkyl halides is 2. The van der Waals surface area contributed by atoms with Gasteiger partial charge in [-0.15, -0.1) is 23.2 Å². The molecule has 2 aromatic rings. The van der Waals surface area contributed by atoms with E-state index in [-0.39, 0.29) is 35.8 Å². The summed E-state index contributed by atoms with van der Waals surface area (Å²) in [7, 11) is -5.70. The molecular weight excluding hydrogens is 868 g/mol. The van der Waals surface area contributed by atoms with Crippen LogP contribution in [0.25, 0.3) is 0 Å². The van der Waals surface area contributed by atoms with E-state index in [1.165, 1.54) is 62.4 Å². The summed E-state index contributed by atoms with van der Waals surface area (Å²) >= 11 is 12.2. The van der Waals surface area contributed by atoms with E-state index in [1.54, 1.807) is 0 Å². The van der Waals surface area contributed by atoms with Crippen LogP contribution in [-0.4, -0.2) is 111 Å². The molecule has 0 amide bonds. The maximum atomic E-state index is 16.4. The molecule has 18 nitrogen and oxygen atoms in total. The molecule has 0 fully saturated rings. The average molecular weight is 911 g/mol. The van der Waals surface area contributed by atoms with Gasteiger partial charge in [-0.3, -0.25) is 42.9 Å². The maximum Gasteiger partial charge on any atom is 0.317 e. The molecule has 0 spiro atoms. The molecule has 0 bridgehead atoms. The van der Waals surface area contributed by atoms with Gasteiger partial charge in [0.15, 0.2) is 11.6 Å². The summed E-state index contributed by atoms with van der Waals surface area (Å²) in [6.07, 6.45) is 0. The number of ketones is 2. The Morgan fingerprint density at radius 2 is 0.951 bits per heavy atom. The molecule has 1 unspecified atom stereocenters. The standard InChI is InChI=1S/C40H42Cl2NO17P/c1-5-57-39(54)29-25(21-7-11-23(12-8-21)59-19(3)44)27(37(50)51)31(46)35(33(29)48)61(56,43(17-15-41)18-16-42)36-32(47)28(38(52)53)26(30(34(36)49)40(55)58-6-2)22-9-13-24(14-10-22)60-20(4)45/h7-14,25-30,48-49H,5-6,15-18H2,1-4H3,(H,50,51)(H,52,53)/t25-,26+,27+,28-,29-,30-,61?/m0/s1. The molecule has 328 valence electrons. The molecule has 0 aliphatic heterocycles. The number of nitrogens with zero attached hydrogens (tertiary/aromatic N) is 1. The normalized spacial score (nSPS) is 22.6. The molecule has 7 atom stereocenters. The first kappa shape index (κ1) is 48.1. The van der Waals surface area contributed by atoms with E-state index < -0.39 is 137 Å². The van der Waals surface area contributed by atoms with Gasteiger partial charge in [0.2, 0.25) is 7.29 Å². The smallest absolute Gasteiger partial charge is 0.317 e. The van der Waals surface area contributed by atoms with Crippen LogP contribution in [0, 0.1) is 23.7 Å². The molecule has 2 aliphatic carbocycles. The summed E-state index contributed by atoms with van der Waals surface area (Å²) in [4.78, 5) is 107. The van der Waals surface area contributed by atoms with Crippen molar-refractivity contribution in [3.63, 3.8) is 0 Å². The van der Waals surface area contributed by atoms with E-state index >= 15 is 4.57 Å². The number of carbonyl (C=O) groups excluding carboxylic acids is 6. The number of benzene rings is 2. The summed E-state index contributed by atoms with van der Waals surface area (Å²) in [5.41, 5.74) is -0.166. The molecule has 0 heterocycles. The van der Waals surface area contributed by atoms with Crippen LogP contribution in [0.15, 0.2) is 70.7 Å². The summed E-state index contributed by atoms with van der Waals surface area (Å²) in [6, 6.07) is 9.72. The number of hydrogen-bond acceptors (Lipinski definition) is 15. The number of ether oxygens (including phenoxy) is 4. The van der Waals surface area contributed by atoms with Gasteiger partial charge >= 0.3 is 35.8 Å². The van der Waals surface area contributed by atoms with Crippen molar-refractivity contribution in [3.05, 3.63) is 81.8 Å². The van der Waals surface area contributed by atoms with Gasteiger partial charge in [0.05, 0.1) is 13.2 Å². The number of aliphatic carboxylic acids is 2. The van der Waals surface area contributed by atoms with Crippen LogP contribution in [0.2, 0.25) is 0 Å². The lowest BCUT2D eigenvalue weighted by molar-refractivity contribution is -0.155. The average Bonchev–Trinajstić information content (AvgIpc) is 3.17. The quantitative estimate of drug-likeness (QED) is 0.0538. The zero-order chi connectivity index (χ0) is 45.5. The third-order valence-electron chi connectivity index (χ3n) is 9.90. The van der Waals surface area contributed by atoms with Crippen LogP contribution in [0.3, 0.4) is 0 Å². The van der Waals surface area contributed by atoms with Crippen molar-refractivity contribution in [2.24, 2.45) is 23.7 Å². The molecule has 0 saturated heterocycles. The highest BCUT2D eigenvalue weighted by molar-refractivity contribution is 7.72. The highest BCUT2D eigenvalue weighted by atomic mass is 35.5. The van der Waals surface area contributed by atoms with Crippen molar-refractivity contribution in [1.29, 1.82) is 0 Å². The van der Waals surface area contributed by atoms with Crippen LogP contribution < -0.4 is 9.47 Å². The van der Waals surface area contributed by atoms with Gasteiger partial charge < -0.3 is 39.4 Å². The lowest BCUT2D eigenvalue weighted by Gasteiger charge is -2.43. The number of aliphatic hydroxyl groups excluding tert-OH is 2. The number of allylic oxidation sites excluding steroid dienone is 2. The van der Waals surface area contributed by atoms with Gasteiger partial charge in [-0.05, 0) is 49.2 Å². The molecule has 4 rings (SSSR count). The number of hydrogen-bond donors (Lipinski definition) is 4. The third-order valence-corrected chi connectivity index (χ3v) is 13.5. The van der Waals surface area contributed by atoms with Crippen molar-refractivity contribution in [2.75, 3.05) is 38.1 Å². The van der Waals surface area contributed by atoms with Crippen molar-refractivity contribution in [3.8, 4) is 11.5 Å². The van der Waals surface area contributed by atoms with Gasteiger partial charge in [0.25, 0.3) is 0 Å². The Morgan fingerprint density at radius 1 is 0.623 bits per heavy atom. The van der Waals surface area contributed by atoms with E-state index in [4.69, 9.17) is 42.1 Å². The predicted octanol–water partition coefficient (Wildman–Crippen LogP) is 4.93. The fraction of sp³-hybridized carbons (Fsp3) is 0.400. The SMILES string of the molecule is CCOC(=O)[C@@H]1C(O)=C(P(=O)(C2=C(O)[C@@H](C(=O)OCC)[C@@H](c3ccc(OC(C)=O)cc3)[C@@H](C(=O)O)C2=O)N(CCCl)CCCl)C(=O)[C@@H](C(=O)O)[C@H]1c1ccc(OC(C)=O)cc1. The summed E-state index contributed by atoms with van der Waals surface area (Å²) in [6.45, 7) is 3.14. The summed E-state index contributed by atoms with van der Waals surface area (Å²) in [5.74, 6) is -27.6. The lowest BCUT2D eigenvalue weighted by atomic mass is 9.70. The summed E-state index contributed by atoms with van der Waals surface area (Å²) in [5, 5.41) is 43.2. The summed E-state index contributed by atoms with van der Waals surface area (Å²) < 4.78 is 37.7. The van der Waals surface area contributed by atoms with Crippen molar-refractivity contribution in [2.45, 2.75) is 39.5 Å². The monoisotopic (exact) mass is 909 g/mol. The van der Waals surface area contributed by atoms with E-state index in [0.29, 0.717) is 0 Å². The zero-order valence-corrected chi connectivity index (χ0v) is 35.5. The van der Waals surface area contributed by atoms with Gasteiger partial charge in [-0.25, -0.2) is 4.67 Å². The fourth-order valence-electron chi connectivity index (χ4n) is 7.62. The van der Waals surface area contributed by atoms with Crippen molar-refractivity contribution < 1.29 is 82.3 Å². The largest absolute Gasteiger partial charge is 0.510 e. The third kappa shape index (κ3) is 9.67. The fourth-order valence-corrected chi connectivity index (χ4v) is 11.6. The molecule has 0 radical (unpaired) electrons. The lowest BCUT2D eigenvalue weighted by Crippen LogP contribution is -2.47.